The van der Waals surface area contributed by atoms with Gasteiger partial charge in [0.05, 0.1) is 19.8 Å². The number of guanidine groups is 1. The molecule has 0 aliphatic carbocycles. The zero-order chi connectivity index (χ0) is 13.5. The molecule has 18 heavy (non-hydrogen) atoms. The number of nitrogens with one attached hydrogen (secondary N) is 2. The molecular weight excluding hydrogens is 234 g/mol. The van der Waals surface area contributed by atoms with Crippen LogP contribution in [0.2, 0.25) is 0 Å². The normalized spacial score (nSPS) is 11.6. The number of aliphatic imine (C=N–C) groups is 1. The molecule has 0 aromatic carbocycles. The maximum absolute atomic E-state index is 5.36. The van der Waals surface area contributed by atoms with Crippen LogP contribution >= 0.6 is 0 Å². The molecule has 0 amide bonds. The molecule has 0 unspecified atom stereocenters. The van der Waals surface area contributed by atoms with Gasteiger partial charge in [0.15, 0.2) is 5.96 Å². The van der Waals surface area contributed by atoms with Gasteiger partial charge in [0, 0.05) is 40.5 Å². The van der Waals surface area contributed by atoms with Crippen molar-refractivity contribution in [1.29, 1.82) is 0 Å². The van der Waals surface area contributed by atoms with Gasteiger partial charge in [-0.2, -0.15) is 0 Å². The molecule has 0 radical (unpaired) electrons. The minimum atomic E-state index is 0.625. The van der Waals surface area contributed by atoms with Gasteiger partial charge in [0.1, 0.15) is 0 Å². The second kappa shape index (κ2) is 14.2. The largest absolute Gasteiger partial charge is 0.385 e. The molecule has 6 nitrogen and oxygen atoms in total. The summed E-state index contributed by atoms with van der Waals surface area (Å²) in [5.74, 6) is 0.823. The van der Waals surface area contributed by atoms with Gasteiger partial charge in [-0.15, -0.1) is 0 Å². The van der Waals surface area contributed by atoms with Crippen molar-refractivity contribution in [1.82, 2.24) is 10.6 Å². The summed E-state index contributed by atoms with van der Waals surface area (Å²) in [6.45, 7) is 7.02. The van der Waals surface area contributed by atoms with Crippen LogP contribution < -0.4 is 10.6 Å². The maximum Gasteiger partial charge on any atom is 0.191 e. The number of methoxy groups -OCH3 is 2. The average Bonchev–Trinajstić information content (AvgIpc) is 2.38. The van der Waals surface area contributed by atoms with Gasteiger partial charge < -0.3 is 24.8 Å². The van der Waals surface area contributed by atoms with Gasteiger partial charge in [0.25, 0.3) is 0 Å². The van der Waals surface area contributed by atoms with E-state index in [1.54, 1.807) is 14.2 Å². The lowest BCUT2D eigenvalue weighted by Gasteiger charge is -2.11. The average molecular weight is 261 g/mol. The molecule has 0 saturated heterocycles. The van der Waals surface area contributed by atoms with Gasteiger partial charge in [-0.3, -0.25) is 4.99 Å². The van der Waals surface area contributed by atoms with E-state index in [-0.39, 0.29) is 0 Å². The van der Waals surface area contributed by atoms with Crippen LogP contribution in [0.4, 0.5) is 0 Å². The predicted molar refractivity (Wildman–Crippen MR) is 73.2 cm³/mol. The van der Waals surface area contributed by atoms with Gasteiger partial charge in [-0.25, -0.2) is 0 Å². The fourth-order valence-electron chi connectivity index (χ4n) is 1.23. The standard InChI is InChI=1S/C12H27N3O3/c1-4-13-12(14-6-5-8-16-2)15-7-9-18-11-10-17-3/h4-11H2,1-3H3,(H2,13,14,15). The lowest BCUT2D eigenvalue weighted by atomic mass is 10.5. The summed E-state index contributed by atoms with van der Waals surface area (Å²) in [5, 5.41) is 6.39. The van der Waals surface area contributed by atoms with Crippen molar-refractivity contribution in [3.05, 3.63) is 0 Å². The molecule has 0 spiro atoms. The molecule has 0 heterocycles. The lowest BCUT2D eigenvalue weighted by molar-refractivity contribution is 0.0733. The Kier molecular flexibility index (Phi) is 13.5. The Morgan fingerprint density at radius 3 is 2.44 bits per heavy atom. The summed E-state index contributed by atoms with van der Waals surface area (Å²) >= 11 is 0. The molecule has 0 aliphatic heterocycles. The second-order valence-electron chi connectivity index (χ2n) is 3.64. The van der Waals surface area contributed by atoms with Crippen molar-refractivity contribution in [2.24, 2.45) is 4.99 Å². The summed E-state index contributed by atoms with van der Waals surface area (Å²) in [5.41, 5.74) is 0. The van der Waals surface area contributed by atoms with Crippen LogP contribution in [0, 0.1) is 0 Å². The monoisotopic (exact) mass is 261 g/mol. The Morgan fingerprint density at radius 2 is 1.78 bits per heavy atom. The highest BCUT2D eigenvalue weighted by atomic mass is 16.5. The van der Waals surface area contributed by atoms with E-state index < -0.39 is 0 Å². The molecule has 0 aliphatic rings. The molecule has 6 heteroatoms. The topological polar surface area (TPSA) is 64.1 Å². The molecule has 0 saturated carbocycles. The SMILES string of the molecule is CCNC(=NCCCOC)NCCOCCOC. The number of nitrogens with zero attached hydrogens (tertiary/aromatic N) is 1. The minimum absolute atomic E-state index is 0.625. The highest BCUT2D eigenvalue weighted by molar-refractivity contribution is 5.79. The zero-order valence-electron chi connectivity index (χ0n) is 11.8. The molecule has 0 aromatic rings. The highest BCUT2D eigenvalue weighted by Crippen LogP contribution is 1.83. The lowest BCUT2D eigenvalue weighted by Crippen LogP contribution is -2.39. The van der Waals surface area contributed by atoms with Crippen LogP contribution in [0.25, 0.3) is 0 Å². The van der Waals surface area contributed by atoms with E-state index in [1.165, 1.54) is 0 Å². The molecule has 0 atom stereocenters. The van der Waals surface area contributed by atoms with Crippen molar-refractivity contribution >= 4 is 5.96 Å². The summed E-state index contributed by atoms with van der Waals surface area (Å²) in [7, 11) is 3.36. The van der Waals surface area contributed by atoms with E-state index in [0.29, 0.717) is 19.8 Å². The first-order valence-corrected chi connectivity index (χ1v) is 6.43. The molecule has 0 bridgehead atoms. The minimum Gasteiger partial charge on any atom is -0.385 e. The number of rotatable bonds is 11. The number of hydrogen-bond donors (Lipinski definition) is 2. The predicted octanol–water partition coefficient (Wildman–Crippen LogP) is 0.241. The molecule has 0 aromatic heterocycles. The molecule has 2 N–H and O–H groups in total. The van der Waals surface area contributed by atoms with Crippen LogP contribution in [0.15, 0.2) is 4.99 Å². The molecular formula is C12H27N3O3. The summed E-state index contributed by atoms with van der Waals surface area (Å²) in [6, 6.07) is 0. The van der Waals surface area contributed by atoms with Crippen LogP contribution in [0.3, 0.4) is 0 Å². The van der Waals surface area contributed by atoms with Crippen LogP contribution in [0.5, 0.6) is 0 Å². The van der Waals surface area contributed by atoms with E-state index in [0.717, 1.165) is 38.6 Å². The third kappa shape index (κ3) is 11.6. The first-order valence-electron chi connectivity index (χ1n) is 6.43. The molecule has 0 rings (SSSR count). The summed E-state index contributed by atoms with van der Waals surface area (Å²) in [6.07, 6.45) is 0.928. The Labute approximate surface area is 110 Å². The highest BCUT2D eigenvalue weighted by Gasteiger charge is 1.96. The van der Waals surface area contributed by atoms with Gasteiger partial charge in [-0.1, -0.05) is 0 Å². The fourth-order valence-corrected chi connectivity index (χ4v) is 1.23. The van der Waals surface area contributed by atoms with Crippen molar-refractivity contribution in [3.8, 4) is 0 Å². The first-order chi connectivity index (χ1) is 8.85. The zero-order valence-corrected chi connectivity index (χ0v) is 11.8. The van der Waals surface area contributed by atoms with Crippen LogP contribution in [-0.2, 0) is 14.2 Å². The molecule has 108 valence electrons. The third-order valence-corrected chi connectivity index (χ3v) is 2.09. The maximum atomic E-state index is 5.36. The van der Waals surface area contributed by atoms with Gasteiger partial charge >= 0.3 is 0 Å². The van der Waals surface area contributed by atoms with Crippen LogP contribution in [-0.4, -0.2) is 66.2 Å². The van der Waals surface area contributed by atoms with Crippen molar-refractivity contribution in [2.75, 3.05) is 60.3 Å². The third-order valence-electron chi connectivity index (χ3n) is 2.09. The first kappa shape index (κ1) is 17.2. The van der Waals surface area contributed by atoms with Gasteiger partial charge in [0.2, 0.25) is 0 Å². The summed E-state index contributed by atoms with van der Waals surface area (Å²) < 4.78 is 15.2. The smallest absolute Gasteiger partial charge is 0.191 e. The Hall–Kier alpha value is -0.850. The van der Waals surface area contributed by atoms with E-state index >= 15 is 0 Å². The Morgan fingerprint density at radius 1 is 1.00 bits per heavy atom. The number of hydrogen-bond acceptors (Lipinski definition) is 4. The van der Waals surface area contributed by atoms with E-state index in [9.17, 15) is 0 Å². The number of ether oxygens (including phenoxy) is 3. The van der Waals surface area contributed by atoms with Crippen LogP contribution in [0.1, 0.15) is 13.3 Å². The Balaban J connectivity index is 3.61. The fraction of sp³-hybridized carbons (Fsp3) is 0.917. The van der Waals surface area contributed by atoms with E-state index in [4.69, 9.17) is 14.2 Å². The second-order valence-corrected chi connectivity index (χ2v) is 3.64. The van der Waals surface area contributed by atoms with Crippen molar-refractivity contribution in [3.63, 3.8) is 0 Å². The molecule has 0 fully saturated rings. The van der Waals surface area contributed by atoms with Gasteiger partial charge in [-0.05, 0) is 13.3 Å². The van der Waals surface area contributed by atoms with E-state index in [2.05, 4.69) is 15.6 Å². The van der Waals surface area contributed by atoms with Crippen molar-refractivity contribution < 1.29 is 14.2 Å². The quantitative estimate of drug-likeness (QED) is 0.317. The van der Waals surface area contributed by atoms with Crippen molar-refractivity contribution in [2.45, 2.75) is 13.3 Å². The Bertz CT molecular complexity index is 201. The van der Waals surface area contributed by atoms with E-state index in [1.807, 2.05) is 6.92 Å². The summed E-state index contributed by atoms with van der Waals surface area (Å²) in [4.78, 5) is 4.42.